The van der Waals surface area contributed by atoms with Crippen molar-refractivity contribution in [3.63, 3.8) is 0 Å². The lowest BCUT2D eigenvalue weighted by Gasteiger charge is -2.35. The minimum absolute atomic E-state index is 0. The van der Waals surface area contributed by atoms with Crippen LogP contribution in [0.25, 0.3) is 10.8 Å². The Bertz CT molecular complexity index is 1380. The summed E-state index contributed by atoms with van der Waals surface area (Å²) in [5.74, 6) is 1.44. The Kier molecular flexibility index (Phi) is 12.3. The Morgan fingerprint density at radius 3 is 2.56 bits per heavy atom. The Hall–Kier alpha value is -1.91. The number of halogens is 2. The summed E-state index contributed by atoms with van der Waals surface area (Å²) in [7, 11) is -1.90. The molecule has 0 amide bonds. The van der Waals surface area contributed by atoms with Crippen molar-refractivity contribution in [3.05, 3.63) is 71.8 Å². The molecule has 41 heavy (non-hydrogen) atoms. The van der Waals surface area contributed by atoms with E-state index < -0.39 is 15.6 Å². The molecule has 10 heteroatoms. The number of nitrogens with one attached hydrogen (secondary N) is 2. The zero-order valence-corrected chi connectivity index (χ0v) is 26.1. The molecule has 5 rings (SSSR count). The van der Waals surface area contributed by atoms with Crippen LogP contribution in [0.15, 0.2) is 65.6 Å². The van der Waals surface area contributed by atoms with E-state index in [1.165, 1.54) is 5.56 Å². The number of hydrogen-bond acceptors (Lipinski definition) is 6. The lowest BCUT2D eigenvalue weighted by molar-refractivity contribution is 0.0187. The third kappa shape index (κ3) is 8.14. The second-order valence-corrected chi connectivity index (χ2v) is 12.8. The molecule has 1 heterocycles. The summed E-state index contributed by atoms with van der Waals surface area (Å²) in [5, 5.41) is 16.6. The number of rotatable bonds is 11. The van der Waals surface area contributed by atoms with Crippen molar-refractivity contribution in [2.24, 2.45) is 5.92 Å². The molecule has 0 radical (unpaired) electrons. The molecule has 0 bridgehead atoms. The fourth-order valence-corrected chi connectivity index (χ4v) is 7.42. The highest BCUT2D eigenvalue weighted by Gasteiger charge is 2.34. The van der Waals surface area contributed by atoms with Crippen molar-refractivity contribution in [1.82, 2.24) is 14.9 Å². The maximum absolute atomic E-state index is 13.0. The largest absolute Gasteiger partial charge is 0.497 e. The van der Waals surface area contributed by atoms with Gasteiger partial charge in [0, 0.05) is 25.0 Å². The molecule has 226 valence electrons. The summed E-state index contributed by atoms with van der Waals surface area (Å²) >= 11 is 0. The molecule has 0 aromatic heterocycles. The molecule has 1 aliphatic heterocycles. The molecule has 1 saturated heterocycles. The van der Waals surface area contributed by atoms with Gasteiger partial charge in [0.1, 0.15) is 11.4 Å². The first-order chi connectivity index (χ1) is 18.9. The number of benzene rings is 3. The van der Waals surface area contributed by atoms with E-state index in [-0.39, 0.29) is 24.8 Å². The molecular formula is C31H43Cl2N3O4S. The number of methoxy groups -OCH3 is 1. The average Bonchev–Trinajstić information content (AvgIpc) is 2.96. The predicted molar refractivity (Wildman–Crippen MR) is 170 cm³/mol. The molecule has 3 aromatic carbocycles. The predicted octanol–water partition coefficient (Wildman–Crippen LogP) is 4.89. The van der Waals surface area contributed by atoms with Gasteiger partial charge in [0.25, 0.3) is 0 Å². The number of fused-ring (bicyclic) bond motifs is 2. The first kappa shape index (κ1) is 33.6. The highest BCUT2D eigenvalue weighted by molar-refractivity contribution is 7.89. The zero-order valence-electron chi connectivity index (χ0n) is 23.7. The molecule has 3 N–H and O–H groups in total. The standard InChI is InChI=1S/C31H41N3O4S.2ClH/c1-38-27-12-11-26-8-5-16-31(35,29(26)22-27)23-32-17-13-24-14-19-34(20-15-24)21-18-33-39(36,37)30-10-4-7-25-6-2-3-9-28(25)30;;/h2-4,6-7,9-12,22,24,32-33,35H,5,8,13-21,23H2,1H3;2*1H. The summed E-state index contributed by atoms with van der Waals surface area (Å²) in [5.41, 5.74) is 1.38. The van der Waals surface area contributed by atoms with Crippen molar-refractivity contribution in [1.29, 1.82) is 0 Å². The van der Waals surface area contributed by atoms with Crippen LogP contribution in [-0.4, -0.2) is 64.8 Å². The molecule has 7 nitrogen and oxygen atoms in total. The average molecular weight is 625 g/mol. The number of piperidine rings is 1. The van der Waals surface area contributed by atoms with Gasteiger partial charge in [0.15, 0.2) is 0 Å². The highest BCUT2D eigenvalue weighted by atomic mass is 35.5. The summed E-state index contributed by atoms with van der Waals surface area (Å²) in [6.45, 7) is 4.53. The first-order valence-electron chi connectivity index (χ1n) is 14.2. The van der Waals surface area contributed by atoms with E-state index in [4.69, 9.17) is 4.74 Å². The first-order valence-corrected chi connectivity index (χ1v) is 15.7. The van der Waals surface area contributed by atoms with E-state index in [2.05, 4.69) is 21.0 Å². The maximum Gasteiger partial charge on any atom is 0.241 e. The lowest BCUT2D eigenvalue weighted by Crippen LogP contribution is -2.42. The molecule has 3 aromatic rings. The van der Waals surface area contributed by atoms with Crippen molar-refractivity contribution >= 4 is 45.6 Å². The molecule has 1 aliphatic carbocycles. The van der Waals surface area contributed by atoms with E-state index in [0.29, 0.717) is 30.4 Å². The van der Waals surface area contributed by atoms with Gasteiger partial charge in [-0.15, -0.1) is 24.8 Å². The van der Waals surface area contributed by atoms with Crippen LogP contribution in [0, 0.1) is 5.92 Å². The van der Waals surface area contributed by atoms with Gasteiger partial charge in [0.2, 0.25) is 10.0 Å². The van der Waals surface area contributed by atoms with Crippen molar-refractivity contribution in [2.75, 3.05) is 46.4 Å². The van der Waals surface area contributed by atoms with Gasteiger partial charge in [-0.25, -0.2) is 13.1 Å². The second-order valence-electron chi connectivity index (χ2n) is 11.0. The normalized spacial score (nSPS) is 19.7. The van der Waals surface area contributed by atoms with E-state index >= 15 is 0 Å². The summed E-state index contributed by atoms with van der Waals surface area (Å²) < 4.78 is 34.1. The van der Waals surface area contributed by atoms with Crippen LogP contribution < -0.4 is 14.8 Å². The molecule has 1 fully saturated rings. The zero-order chi connectivity index (χ0) is 27.3. The number of aliphatic hydroxyl groups is 1. The molecule has 0 saturated carbocycles. The summed E-state index contributed by atoms with van der Waals surface area (Å²) in [4.78, 5) is 2.69. The van der Waals surface area contributed by atoms with Crippen LogP contribution in [0.4, 0.5) is 0 Å². The van der Waals surface area contributed by atoms with Gasteiger partial charge in [0.05, 0.1) is 12.0 Å². The van der Waals surface area contributed by atoms with Crippen LogP contribution in [0.5, 0.6) is 5.75 Å². The van der Waals surface area contributed by atoms with Crippen LogP contribution >= 0.6 is 24.8 Å². The van der Waals surface area contributed by atoms with Crippen LogP contribution in [-0.2, 0) is 22.0 Å². The molecule has 2 aliphatic rings. The minimum Gasteiger partial charge on any atom is -0.497 e. The molecule has 0 spiro atoms. The number of sulfonamides is 1. The Balaban J connectivity index is 0.00000231. The lowest BCUT2D eigenvalue weighted by atomic mass is 9.79. The van der Waals surface area contributed by atoms with Crippen LogP contribution in [0.2, 0.25) is 0 Å². The SMILES string of the molecule is COc1ccc2c(c1)C(O)(CNCCC1CCN(CCNS(=O)(=O)c3cccc4ccccc34)CC1)CCC2.Cl.Cl. The number of ether oxygens (including phenoxy) is 1. The van der Waals surface area contributed by atoms with Gasteiger partial charge in [-0.2, -0.15) is 0 Å². The topological polar surface area (TPSA) is 90.9 Å². The van der Waals surface area contributed by atoms with E-state index in [1.807, 2.05) is 42.5 Å². The van der Waals surface area contributed by atoms with E-state index in [0.717, 1.165) is 80.2 Å². The van der Waals surface area contributed by atoms with Crippen LogP contribution in [0.1, 0.15) is 43.2 Å². The second kappa shape index (κ2) is 15.0. The Morgan fingerprint density at radius 2 is 1.78 bits per heavy atom. The summed E-state index contributed by atoms with van der Waals surface area (Å²) in [6, 6.07) is 19.0. The van der Waals surface area contributed by atoms with Gasteiger partial charge < -0.3 is 20.1 Å². The third-order valence-corrected chi connectivity index (χ3v) is 9.99. The number of likely N-dealkylation sites (tertiary alicyclic amines) is 1. The molecule has 1 atom stereocenters. The fourth-order valence-electron chi connectivity index (χ4n) is 6.17. The number of nitrogens with zero attached hydrogens (tertiary/aromatic N) is 1. The molecule has 1 unspecified atom stereocenters. The Morgan fingerprint density at radius 1 is 1.02 bits per heavy atom. The molecular weight excluding hydrogens is 581 g/mol. The van der Waals surface area contributed by atoms with E-state index in [9.17, 15) is 13.5 Å². The van der Waals surface area contributed by atoms with Gasteiger partial charge in [-0.05, 0) is 98.8 Å². The highest BCUT2D eigenvalue weighted by Crippen LogP contribution is 2.37. The van der Waals surface area contributed by atoms with Gasteiger partial charge in [-0.3, -0.25) is 0 Å². The number of hydrogen-bond donors (Lipinski definition) is 3. The smallest absolute Gasteiger partial charge is 0.241 e. The van der Waals surface area contributed by atoms with Gasteiger partial charge >= 0.3 is 0 Å². The van der Waals surface area contributed by atoms with Gasteiger partial charge in [-0.1, -0.05) is 42.5 Å². The van der Waals surface area contributed by atoms with Crippen molar-refractivity contribution in [2.45, 2.75) is 49.0 Å². The maximum atomic E-state index is 13.0. The van der Waals surface area contributed by atoms with Crippen molar-refractivity contribution < 1.29 is 18.3 Å². The van der Waals surface area contributed by atoms with Crippen molar-refractivity contribution in [3.8, 4) is 5.75 Å². The minimum atomic E-state index is -3.56. The quantitative estimate of drug-likeness (QED) is 0.264. The number of aryl methyl sites for hydroxylation is 1. The monoisotopic (exact) mass is 623 g/mol. The third-order valence-electron chi connectivity index (χ3n) is 8.47. The summed E-state index contributed by atoms with van der Waals surface area (Å²) in [6.07, 6.45) is 6.08. The van der Waals surface area contributed by atoms with E-state index in [1.54, 1.807) is 19.2 Å². The fraction of sp³-hybridized carbons (Fsp3) is 0.484. The van der Waals surface area contributed by atoms with Crippen LogP contribution in [0.3, 0.4) is 0 Å². The Labute approximate surface area is 256 Å².